The fourth-order valence-corrected chi connectivity index (χ4v) is 4.22. The Morgan fingerprint density at radius 2 is 1.88 bits per heavy atom. The van der Waals surface area contributed by atoms with Gasteiger partial charge in [-0.2, -0.15) is 0 Å². The molecule has 0 unspecified atom stereocenters. The van der Waals surface area contributed by atoms with Crippen molar-refractivity contribution in [3.63, 3.8) is 0 Å². The quantitative estimate of drug-likeness (QED) is 0.763. The largest absolute Gasteiger partial charge is 0.324 e. The average Bonchev–Trinajstić information content (AvgIpc) is 2.51. The van der Waals surface area contributed by atoms with Crippen molar-refractivity contribution in [1.82, 2.24) is 0 Å². The van der Waals surface area contributed by atoms with Crippen LogP contribution < -0.4 is 9.62 Å². The summed E-state index contributed by atoms with van der Waals surface area (Å²) in [4.78, 5) is 12.8. The van der Waals surface area contributed by atoms with Gasteiger partial charge >= 0.3 is 0 Å². The number of amides is 1. The number of nitrogens with one attached hydrogen (secondary N) is 1. The molecule has 0 saturated carbocycles. The number of carbonyl (C=O) groups is 1. The van der Waals surface area contributed by atoms with E-state index in [-0.39, 0.29) is 5.91 Å². The van der Waals surface area contributed by atoms with Gasteiger partial charge in [0.05, 0.1) is 11.9 Å². The summed E-state index contributed by atoms with van der Waals surface area (Å²) in [5.74, 6) is -0.368. The van der Waals surface area contributed by atoms with Crippen LogP contribution in [0.25, 0.3) is 0 Å². The van der Waals surface area contributed by atoms with E-state index < -0.39 is 16.1 Å². The molecule has 0 aromatic heterocycles. The fourth-order valence-electron chi connectivity index (χ4n) is 2.62. The molecule has 5 nitrogen and oxygen atoms in total. The normalized spacial score (nSPS) is 12.5. The van der Waals surface area contributed by atoms with Gasteiger partial charge in [0.15, 0.2) is 0 Å². The number of hydrogen-bond acceptors (Lipinski definition) is 3. The molecule has 0 radical (unpaired) electrons. The number of anilines is 2. The Morgan fingerprint density at radius 3 is 2.44 bits per heavy atom. The highest BCUT2D eigenvalue weighted by atomic mass is 79.9. The highest BCUT2D eigenvalue weighted by molar-refractivity contribution is 9.10. The third kappa shape index (κ3) is 5.06. The van der Waals surface area contributed by atoms with Crippen molar-refractivity contribution in [1.29, 1.82) is 0 Å². The monoisotopic (exact) mass is 424 g/mol. The van der Waals surface area contributed by atoms with Gasteiger partial charge in [-0.3, -0.25) is 9.10 Å². The molecule has 7 heteroatoms. The van der Waals surface area contributed by atoms with Crippen LogP contribution in [0, 0.1) is 6.92 Å². The summed E-state index contributed by atoms with van der Waals surface area (Å²) in [6.45, 7) is 3.67. The van der Waals surface area contributed by atoms with Crippen molar-refractivity contribution in [3.8, 4) is 0 Å². The highest BCUT2D eigenvalue weighted by Crippen LogP contribution is 2.24. The second-order valence-corrected chi connectivity index (χ2v) is 8.60. The first-order valence-electron chi connectivity index (χ1n) is 7.85. The minimum absolute atomic E-state index is 0.348. The van der Waals surface area contributed by atoms with Crippen molar-refractivity contribution in [3.05, 3.63) is 58.6 Å². The maximum Gasteiger partial charge on any atom is 0.248 e. The smallest absolute Gasteiger partial charge is 0.248 e. The molecule has 0 heterocycles. The third-order valence-electron chi connectivity index (χ3n) is 3.68. The van der Waals surface area contributed by atoms with Gasteiger partial charge in [-0.25, -0.2) is 8.42 Å². The van der Waals surface area contributed by atoms with Crippen LogP contribution in [-0.4, -0.2) is 26.6 Å². The molecule has 2 aromatic rings. The number of nitrogens with zero attached hydrogens (tertiary/aromatic N) is 1. The van der Waals surface area contributed by atoms with Gasteiger partial charge in [-0.15, -0.1) is 0 Å². The maximum absolute atomic E-state index is 12.8. The summed E-state index contributed by atoms with van der Waals surface area (Å²) in [6, 6.07) is 13.5. The first-order chi connectivity index (χ1) is 11.7. The Hall–Kier alpha value is -1.86. The van der Waals surface area contributed by atoms with E-state index in [9.17, 15) is 13.2 Å². The molecule has 2 aromatic carbocycles. The van der Waals surface area contributed by atoms with Crippen LogP contribution in [0.4, 0.5) is 11.4 Å². The molecule has 0 bridgehead atoms. The number of benzene rings is 2. The van der Waals surface area contributed by atoms with Gasteiger partial charge in [0.1, 0.15) is 6.04 Å². The molecule has 0 saturated heterocycles. The van der Waals surface area contributed by atoms with Crippen LogP contribution in [0.2, 0.25) is 0 Å². The molecular weight excluding hydrogens is 404 g/mol. The lowest BCUT2D eigenvalue weighted by molar-refractivity contribution is -0.117. The van der Waals surface area contributed by atoms with Gasteiger partial charge in [-0.05, 0) is 49.2 Å². The second-order valence-electron chi connectivity index (χ2n) is 5.82. The number of rotatable bonds is 6. The van der Waals surface area contributed by atoms with E-state index >= 15 is 0 Å². The van der Waals surface area contributed by atoms with E-state index in [1.807, 2.05) is 19.1 Å². The summed E-state index contributed by atoms with van der Waals surface area (Å²) in [7, 11) is -3.63. The maximum atomic E-state index is 12.8. The molecule has 1 atom stereocenters. The SMILES string of the molecule is CC[C@@H](C(=O)Nc1cccc(Br)c1)N(c1cccc(C)c1)S(C)(=O)=O. The molecular formula is C18H21BrN2O3S. The summed E-state index contributed by atoms with van der Waals surface area (Å²) in [6.07, 6.45) is 1.46. The predicted octanol–water partition coefficient (Wildman–Crippen LogP) is 3.94. The number of sulfonamides is 1. The van der Waals surface area contributed by atoms with Gasteiger partial charge in [0.2, 0.25) is 15.9 Å². The minimum Gasteiger partial charge on any atom is -0.324 e. The molecule has 2 rings (SSSR count). The van der Waals surface area contributed by atoms with Crippen LogP contribution in [0.15, 0.2) is 53.0 Å². The first-order valence-corrected chi connectivity index (χ1v) is 10.5. The molecule has 1 amide bonds. The van der Waals surface area contributed by atoms with Crippen molar-refractivity contribution in [2.45, 2.75) is 26.3 Å². The van der Waals surface area contributed by atoms with Crippen molar-refractivity contribution in [2.75, 3.05) is 15.9 Å². The van der Waals surface area contributed by atoms with Gasteiger partial charge < -0.3 is 5.32 Å². The van der Waals surface area contributed by atoms with E-state index in [1.165, 1.54) is 4.31 Å². The predicted molar refractivity (Wildman–Crippen MR) is 105 cm³/mol. The third-order valence-corrected chi connectivity index (χ3v) is 5.35. The average molecular weight is 425 g/mol. The minimum atomic E-state index is -3.63. The molecule has 0 aliphatic rings. The lowest BCUT2D eigenvalue weighted by Crippen LogP contribution is -2.47. The number of halogens is 1. The molecule has 0 spiro atoms. The topological polar surface area (TPSA) is 66.5 Å². The van der Waals surface area contributed by atoms with E-state index in [0.29, 0.717) is 17.8 Å². The van der Waals surface area contributed by atoms with Gasteiger partial charge in [-0.1, -0.05) is 41.1 Å². The zero-order valence-corrected chi connectivity index (χ0v) is 16.8. The Bertz CT molecular complexity index is 868. The van der Waals surface area contributed by atoms with Crippen molar-refractivity contribution < 1.29 is 13.2 Å². The zero-order valence-electron chi connectivity index (χ0n) is 14.4. The van der Waals surface area contributed by atoms with Crippen molar-refractivity contribution in [2.24, 2.45) is 0 Å². The zero-order chi connectivity index (χ0) is 18.6. The molecule has 134 valence electrons. The fraction of sp³-hybridized carbons (Fsp3) is 0.278. The van der Waals surface area contributed by atoms with Crippen LogP contribution in [0.5, 0.6) is 0 Å². The number of aryl methyl sites for hydroxylation is 1. The van der Waals surface area contributed by atoms with E-state index in [2.05, 4.69) is 21.2 Å². The Balaban J connectivity index is 2.38. The molecule has 1 N–H and O–H groups in total. The first kappa shape index (κ1) is 19.5. The van der Waals surface area contributed by atoms with Crippen LogP contribution >= 0.6 is 15.9 Å². The summed E-state index contributed by atoms with van der Waals surface area (Å²) in [5.41, 5.74) is 2.02. The standard InChI is InChI=1S/C18H21BrN2O3S/c1-4-17(18(22)20-15-9-6-8-14(19)12-15)21(25(3,23)24)16-10-5-7-13(2)11-16/h5-12,17H,4H2,1-3H3,(H,20,22)/t17-/m0/s1. The Morgan fingerprint density at radius 1 is 1.20 bits per heavy atom. The summed E-state index contributed by atoms with van der Waals surface area (Å²) in [5, 5.41) is 2.80. The van der Waals surface area contributed by atoms with E-state index in [1.54, 1.807) is 43.3 Å². The number of carbonyl (C=O) groups excluding carboxylic acids is 1. The lowest BCUT2D eigenvalue weighted by Gasteiger charge is -2.30. The molecule has 0 aliphatic carbocycles. The van der Waals surface area contributed by atoms with Gasteiger partial charge in [0, 0.05) is 10.2 Å². The van der Waals surface area contributed by atoms with Crippen molar-refractivity contribution >= 4 is 43.2 Å². The Kier molecular flexibility index (Phi) is 6.24. The summed E-state index contributed by atoms with van der Waals surface area (Å²) >= 11 is 3.35. The lowest BCUT2D eigenvalue weighted by atomic mass is 10.1. The molecule has 25 heavy (non-hydrogen) atoms. The molecule has 0 aliphatic heterocycles. The second kappa shape index (κ2) is 8.01. The number of hydrogen-bond donors (Lipinski definition) is 1. The van der Waals surface area contributed by atoms with E-state index in [4.69, 9.17) is 0 Å². The summed E-state index contributed by atoms with van der Waals surface area (Å²) < 4.78 is 26.8. The molecule has 0 fully saturated rings. The van der Waals surface area contributed by atoms with Gasteiger partial charge in [0.25, 0.3) is 0 Å². The van der Waals surface area contributed by atoms with Crippen LogP contribution in [0.1, 0.15) is 18.9 Å². The van der Waals surface area contributed by atoms with Crippen LogP contribution in [-0.2, 0) is 14.8 Å². The Labute approximate surface area is 157 Å². The highest BCUT2D eigenvalue weighted by Gasteiger charge is 2.31. The van der Waals surface area contributed by atoms with E-state index in [0.717, 1.165) is 16.3 Å². The van der Waals surface area contributed by atoms with Crippen LogP contribution in [0.3, 0.4) is 0 Å².